The molecule has 2 rings (SSSR count). The number of carbonyl (C=O) groups is 1. The van der Waals surface area contributed by atoms with Gasteiger partial charge in [-0.2, -0.15) is 0 Å². The number of hydrogen-bond donors (Lipinski definition) is 1. The van der Waals surface area contributed by atoms with Crippen LogP contribution in [0.15, 0.2) is 24.3 Å². The molecule has 1 amide bonds. The quantitative estimate of drug-likeness (QED) is 0.819. The Hall–Kier alpha value is -1.55. The van der Waals surface area contributed by atoms with Gasteiger partial charge in [-0.05, 0) is 51.3 Å². The third-order valence-electron chi connectivity index (χ3n) is 2.29. The van der Waals surface area contributed by atoms with E-state index < -0.39 is 11.7 Å². The maximum absolute atomic E-state index is 11.6. The van der Waals surface area contributed by atoms with E-state index >= 15 is 0 Å². The van der Waals surface area contributed by atoms with Crippen molar-refractivity contribution in [2.75, 3.05) is 5.32 Å². The van der Waals surface area contributed by atoms with E-state index in [0.29, 0.717) is 0 Å². The second kappa shape index (κ2) is 4.61. The van der Waals surface area contributed by atoms with E-state index in [-0.39, 0.29) is 0 Å². The van der Waals surface area contributed by atoms with Crippen molar-refractivity contribution in [2.24, 2.45) is 0 Å². The van der Waals surface area contributed by atoms with Crippen LogP contribution in [0.1, 0.15) is 25.6 Å². The van der Waals surface area contributed by atoms with Gasteiger partial charge in [0.25, 0.3) is 0 Å². The molecule has 1 N–H and O–H groups in total. The number of rotatable bonds is 1. The molecule has 1 heterocycles. The van der Waals surface area contributed by atoms with Gasteiger partial charge in [0.1, 0.15) is 5.60 Å². The molecule has 0 saturated carbocycles. The Kier molecular flexibility index (Phi) is 3.30. The summed E-state index contributed by atoms with van der Waals surface area (Å²) in [5, 5.41) is 3.95. The average molecular weight is 263 g/mol. The number of nitrogens with one attached hydrogen (secondary N) is 1. The van der Waals surface area contributed by atoms with Gasteiger partial charge >= 0.3 is 6.09 Å². The van der Waals surface area contributed by atoms with Crippen molar-refractivity contribution >= 4 is 33.2 Å². The molecular formula is C14H17NO2S. The Morgan fingerprint density at radius 3 is 2.67 bits per heavy atom. The monoisotopic (exact) mass is 263 g/mol. The zero-order chi connectivity index (χ0) is 13.3. The van der Waals surface area contributed by atoms with Gasteiger partial charge < -0.3 is 4.74 Å². The van der Waals surface area contributed by atoms with E-state index in [1.165, 1.54) is 15.0 Å². The van der Waals surface area contributed by atoms with E-state index in [1.807, 2.05) is 39.0 Å². The molecule has 0 bridgehead atoms. The van der Waals surface area contributed by atoms with Crippen molar-refractivity contribution in [3.05, 3.63) is 29.1 Å². The van der Waals surface area contributed by atoms with Crippen LogP contribution in [0, 0.1) is 6.92 Å². The van der Waals surface area contributed by atoms with Crippen molar-refractivity contribution in [2.45, 2.75) is 33.3 Å². The number of hydrogen-bond acceptors (Lipinski definition) is 3. The number of aryl methyl sites for hydroxylation is 1. The summed E-state index contributed by atoms with van der Waals surface area (Å²) in [6.07, 6.45) is -0.421. The van der Waals surface area contributed by atoms with Gasteiger partial charge in [0.2, 0.25) is 0 Å². The minimum Gasteiger partial charge on any atom is -0.444 e. The molecule has 0 atom stereocenters. The highest BCUT2D eigenvalue weighted by atomic mass is 32.1. The number of fused-ring (bicyclic) bond motifs is 1. The highest BCUT2D eigenvalue weighted by molar-refractivity contribution is 7.19. The second-order valence-corrected chi connectivity index (χ2v) is 6.52. The molecule has 0 unspecified atom stereocenters. The smallest absolute Gasteiger partial charge is 0.412 e. The fourth-order valence-electron chi connectivity index (χ4n) is 1.66. The van der Waals surface area contributed by atoms with Crippen molar-refractivity contribution in [3.63, 3.8) is 0 Å². The summed E-state index contributed by atoms with van der Waals surface area (Å²) in [7, 11) is 0. The van der Waals surface area contributed by atoms with Crippen LogP contribution in [-0.4, -0.2) is 11.7 Å². The molecule has 0 aliphatic heterocycles. The number of anilines is 1. The molecular weight excluding hydrogens is 246 g/mol. The maximum atomic E-state index is 11.6. The molecule has 0 aliphatic carbocycles. The number of benzene rings is 1. The lowest BCUT2D eigenvalue weighted by atomic mass is 10.2. The van der Waals surface area contributed by atoms with Crippen LogP contribution in [0.5, 0.6) is 0 Å². The molecule has 96 valence electrons. The topological polar surface area (TPSA) is 38.3 Å². The first kappa shape index (κ1) is 12.9. The first-order chi connectivity index (χ1) is 8.33. The summed E-state index contributed by atoms with van der Waals surface area (Å²) in [6, 6.07) is 8.00. The van der Waals surface area contributed by atoms with Crippen LogP contribution < -0.4 is 5.32 Å². The zero-order valence-corrected chi connectivity index (χ0v) is 11.9. The Morgan fingerprint density at radius 2 is 2.00 bits per heavy atom. The third kappa shape index (κ3) is 3.23. The van der Waals surface area contributed by atoms with E-state index in [1.54, 1.807) is 11.3 Å². The lowest BCUT2D eigenvalue weighted by Gasteiger charge is -2.19. The van der Waals surface area contributed by atoms with Gasteiger partial charge in [-0.25, -0.2) is 4.79 Å². The second-order valence-electron chi connectivity index (χ2n) is 5.24. The molecule has 3 nitrogen and oxygen atoms in total. The SMILES string of the molecule is Cc1cc2ccc(NC(=O)OC(C)(C)C)cc2s1. The molecule has 0 fully saturated rings. The molecule has 1 aromatic carbocycles. The molecule has 0 saturated heterocycles. The minimum absolute atomic E-state index is 0.421. The third-order valence-corrected chi connectivity index (χ3v) is 3.30. The Balaban J connectivity index is 2.14. The normalized spacial score (nSPS) is 11.6. The van der Waals surface area contributed by atoms with Gasteiger partial charge in [-0.3, -0.25) is 5.32 Å². The van der Waals surface area contributed by atoms with Crippen LogP contribution in [0.4, 0.5) is 10.5 Å². The van der Waals surface area contributed by atoms with E-state index in [2.05, 4.69) is 18.3 Å². The fraction of sp³-hybridized carbons (Fsp3) is 0.357. The lowest BCUT2D eigenvalue weighted by molar-refractivity contribution is 0.0636. The average Bonchev–Trinajstić information content (AvgIpc) is 2.53. The van der Waals surface area contributed by atoms with Crippen molar-refractivity contribution in [3.8, 4) is 0 Å². The first-order valence-corrected chi connectivity index (χ1v) is 6.65. The van der Waals surface area contributed by atoms with Crippen LogP contribution >= 0.6 is 11.3 Å². The first-order valence-electron chi connectivity index (χ1n) is 5.84. The van der Waals surface area contributed by atoms with E-state index in [0.717, 1.165) is 5.69 Å². The van der Waals surface area contributed by atoms with Crippen LogP contribution in [-0.2, 0) is 4.74 Å². The fourth-order valence-corrected chi connectivity index (χ4v) is 2.63. The van der Waals surface area contributed by atoms with Crippen LogP contribution in [0.3, 0.4) is 0 Å². The van der Waals surface area contributed by atoms with Gasteiger partial charge in [0.15, 0.2) is 0 Å². The molecule has 1 aromatic heterocycles. The number of ether oxygens (including phenoxy) is 1. The Labute approximate surface area is 111 Å². The summed E-state index contributed by atoms with van der Waals surface area (Å²) in [4.78, 5) is 12.9. The molecule has 4 heteroatoms. The van der Waals surface area contributed by atoms with E-state index in [9.17, 15) is 4.79 Å². The molecule has 0 aliphatic rings. The molecule has 0 spiro atoms. The number of carbonyl (C=O) groups excluding carboxylic acids is 1. The van der Waals surface area contributed by atoms with Gasteiger partial charge in [0, 0.05) is 15.3 Å². The predicted molar refractivity (Wildman–Crippen MR) is 76.4 cm³/mol. The minimum atomic E-state index is -0.478. The van der Waals surface area contributed by atoms with Crippen molar-refractivity contribution in [1.29, 1.82) is 0 Å². The lowest BCUT2D eigenvalue weighted by Crippen LogP contribution is -2.27. The van der Waals surface area contributed by atoms with Gasteiger partial charge in [0.05, 0.1) is 0 Å². The van der Waals surface area contributed by atoms with Crippen molar-refractivity contribution in [1.82, 2.24) is 0 Å². The maximum Gasteiger partial charge on any atom is 0.412 e. The van der Waals surface area contributed by atoms with Crippen molar-refractivity contribution < 1.29 is 9.53 Å². The van der Waals surface area contributed by atoms with Gasteiger partial charge in [-0.1, -0.05) is 6.07 Å². The summed E-state index contributed by atoms with van der Waals surface area (Å²) in [5.41, 5.74) is 0.284. The highest BCUT2D eigenvalue weighted by Crippen LogP contribution is 2.27. The molecule has 2 aromatic rings. The summed E-state index contributed by atoms with van der Waals surface area (Å²) in [5.74, 6) is 0. The summed E-state index contributed by atoms with van der Waals surface area (Å²) in [6.45, 7) is 7.61. The number of thiophene rings is 1. The summed E-state index contributed by atoms with van der Waals surface area (Å²) < 4.78 is 6.38. The van der Waals surface area contributed by atoms with Crippen LogP contribution in [0.25, 0.3) is 10.1 Å². The standard InChI is InChI=1S/C14H17NO2S/c1-9-7-10-5-6-11(8-12(10)18-9)15-13(16)17-14(2,3)4/h5-8H,1-4H3,(H,15,16). The predicted octanol–water partition coefficient (Wildman–Crippen LogP) is 4.56. The Bertz CT molecular complexity index is 581. The summed E-state index contributed by atoms with van der Waals surface area (Å²) >= 11 is 1.71. The zero-order valence-electron chi connectivity index (χ0n) is 11.0. The Morgan fingerprint density at radius 1 is 1.28 bits per heavy atom. The molecule has 0 radical (unpaired) electrons. The van der Waals surface area contributed by atoms with E-state index in [4.69, 9.17) is 4.74 Å². The van der Waals surface area contributed by atoms with Gasteiger partial charge in [-0.15, -0.1) is 11.3 Å². The van der Waals surface area contributed by atoms with Crippen LogP contribution in [0.2, 0.25) is 0 Å². The largest absolute Gasteiger partial charge is 0.444 e. The number of amides is 1. The molecule has 18 heavy (non-hydrogen) atoms. The highest BCUT2D eigenvalue weighted by Gasteiger charge is 2.16.